The predicted octanol–water partition coefficient (Wildman–Crippen LogP) is 0.668. The molecule has 0 saturated carbocycles. The van der Waals surface area contributed by atoms with Crippen LogP contribution in [0.5, 0.6) is 0 Å². The second-order valence-corrected chi connectivity index (χ2v) is 4.52. The first kappa shape index (κ1) is 14.1. The Kier molecular flexibility index (Phi) is 6.17. The van der Waals surface area contributed by atoms with E-state index in [0.717, 1.165) is 0 Å². The van der Waals surface area contributed by atoms with E-state index in [1.807, 2.05) is 27.7 Å². The maximum atomic E-state index is 11.4. The van der Waals surface area contributed by atoms with E-state index in [1.165, 1.54) is 0 Å². The zero-order valence-electron chi connectivity index (χ0n) is 10.3. The van der Waals surface area contributed by atoms with Gasteiger partial charge >= 0.3 is 0 Å². The molecule has 0 aromatic rings. The summed E-state index contributed by atoms with van der Waals surface area (Å²) in [7, 11) is 1.78. The number of ketones is 1. The molecule has 0 aromatic carbocycles. The number of hydrogen-bond donors (Lipinski definition) is 1. The largest absolute Gasteiger partial charge is 0.353 e. The van der Waals surface area contributed by atoms with Gasteiger partial charge in [-0.2, -0.15) is 0 Å². The highest BCUT2D eigenvalue weighted by Crippen LogP contribution is 1.96. The Labute approximate surface area is 92.0 Å². The summed E-state index contributed by atoms with van der Waals surface area (Å²) >= 11 is 0. The van der Waals surface area contributed by atoms with Gasteiger partial charge in [0.25, 0.3) is 0 Å². The average Bonchev–Trinajstić information content (AvgIpc) is 2.00. The Morgan fingerprint density at radius 3 is 2.07 bits per heavy atom. The van der Waals surface area contributed by atoms with Crippen LogP contribution in [0.2, 0.25) is 0 Å². The number of amides is 1. The molecule has 0 bridgehead atoms. The summed E-state index contributed by atoms with van der Waals surface area (Å²) in [6.45, 7) is 8.17. The Hall–Kier alpha value is -0.900. The molecule has 0 radical (unpaired) electrons. The van der Waals surface area contributed by atoms with Gasteiger partial charge in [0, 0.05) is 12.0 Å². The fraction of sp³-hybridized carbons (Fsp3) is 0.818. The molecule has 0 rings (SSSR count). The summed E-state index contributed by atoms with van der Waals surface area (Å²) < 4.78 is 0. The van der Waals surface area contributed by atoms with Gasteiger partial charge in [0.2, 0.25) is 5.91 Å². The van der Waals surface area contributed by atoms with E-state index in [-0.39, 0.29) is 30.2 Å². The van der Waals surface area contributed by atoms with E-state index in [9.17, 15) is 9.59 Å². The van der Waals surface area contributed by atoms with Crippen molar-refractivity contribution in [3.05, 3.63) is 0 Å². The number of hydrogen-bond acceptors (Lipinski definition) is 3. The minimum atomic E-state index is -0.0379. The van der Waals surface area contributed by atoms with Crippen LogP contribution in [0.3, 0.4) is 0 Å². The van der Waals surface area contributed by atoms with Crippen LogP contribution < -0.4 is 5.32 Å². The lowest BCUT2D eigenvalue weighted by molar-refractivity contribution is -0.125. The van der Waals surface area contributed by atoms with Gasteiger partial charge in [-0.15, -0.1) is 0 Å². The number of carbonyl (C=O) groups is 2. The molecule has 15 heavy (non-hydrogen) atoms. The van der Waals surface area contributed by atoms with Gasteiger partial charge in [0.15, 0.2) is 0 Å². The Morgan fingerprint density at radius 1 is 1.13 bits per heavy atom. The summed E-state index contributed by atoms with van der Waals surface area (Å²) in [6, 6.07) is 0.145. The highest BCUT2D eigenvalue weighted by atomic mass is 16.2. The number of nitrogens with one attached hydrogen (secondary N) is 1. The number of likely N-dealkylation sites (N-methyl/N-ethyl adjacent to an activating group) is 1. The van der Waals surface area contributed by atoms with Gasteiger partial charge in [-0.25, -0.2) is 0 Å². The lowest BCUT2D eigenvalue weighted by Gasteiger charge is -2.17. The van der Waals surface area contributed by atoms with Crippen LogP contribution in [0.4, 0.5) is 0 Å². The van der Waals surface area contributed by atoms with E-state index in [4.69, 9.17) is 0 Å². The Balaban J connectivity index is 3.88. The van der Waals surface area contributed by atoms with Crippen molar-refractivity contribution in [2.24, 2.45) is 5.92 Å². The zero-order valence-corrected chi connectivity index (χ0v) is 10.3. The molecule has 0 aliphatic heterocycles. The molecular weight excluding hydrogens is 192 g/mol. The van der Waals surface area contributed by atoms with Gasteiger partial charge < -0.3 is 5.32 Å². The number of rotatable bonds is 6. The second-order valence-electron chi connectivity index (χ2n) is 4.52. The van der Waals surface area contributed by atoms with Crippen LogP contribution in [-0.4, -0.2) is 42.8 Å². The molecule has 0 fully saturated rings. The van der Waals surface area contributed by atoms with E-state index in [1.54, 1.807) is 11.9 Å². The molecule has 4 nitrogen and oxygen atoms in total. The second kappa shape index (κ2) is 6.56. The van der Waals surface area contributed by atoms with Crippen molar-refractivity contribution >= 4 is 11.7 Å². The molecule has 0 atom stereocenters. The van der Waals surface area contributed by atoms with Gasteiger partial charge in [-0.05, 0) is 20.9 Å². The highest BCUT2D eigenvalue weighted by molar-refractivity contribution is 5.83. The van der Waals surface area contributed by atoms with Crippen molar-refractivity contribution in [3.8, 4) is 0 Å². The van der Waals surface area contributed by atoms with Crippen LogP contribution in [0, 0.1) is 5.92 Å². The highest BCUT2D eigenvalue weighted by Gasteiger charge is 2.13. The fourth-order valence-electron chi connectivity index (χ4n) is 1.12. The first-order chi connectivity index (χ1) is 6.82. The molecule has 0 heterocycles. The molecule has 0 aliphatic carbocycles. The van der Waals surface area contributed by atoms with Gasteiger partial charge in [-0.3, -0.25) is 14.5 Å². The van der Waals surface area contributed by atoms with E-state index >= 15 is 0 Å². The molecule has 1 N–H and O–H groups in total. The first-order valence-electron chi connectivity index (χ1n) is 5.33. The predicted molar refractivity (Wildman–Crippen MR) is 60.6 cm³/mol. The molecule has 88 valence electrons. The SMILES string of the molecule is CC(C)NC(=O)CN(C)CC(=O)C(C)C. The number of nitrogens with zero attached hydrogens (tertiary/aromatic N) is 1. The maximum absolute atomic E-state index is 11.4. The summed E-state index contributed by atoms with van der Waals surface area (Å²) in [5.41, 5.74) is 0. The van der Waals surface area contributed by atoms with E-state index in [0.29, 0.717) is 6.54 Å². The smallest absolute Gasteiger partial charge is 0.234 e. The van der Waals surface area contributed by atoms with Gasteiger partial charge in [0.1, 0.15) is 5.78 Å². The topological polar surface area (TPSA) is 49.4 Å². The molecule has 0 aliphatic rings. The Morgan fingerprint density at radius 2 is 1.67 bits per heavy atom. The third kappa shape index (κ3) is 7.08. The molecule has 1 amide bonds. The van der Waals surface area contributed by atoms with Crippen molar-refractivity contribution in [2.45, 2.75) is 33.7 Å². The lowest BCUT2D eigenvalue weighted by atomic mass is 10.1. The maximum Gasteiger partial charge on any atom is 0.234 e. The van der Waals surface area contributed by atoms with Crippen molar-refractivity contribution in [3.63, 3.8) is 0 Å². The van der Waals surface area contributed by atoms with Crippen molar-refractivity contribution in [1.29, 1.82) is 0 Å². The standard InChI is InChI=1S/C11H22N2O2/c1-8(2)10(14)6-13(5)7-11(15)12-9(3)4/h8-9H,6-7H2,1-5H3,(H,12,15). The van der Waals surface area contributed by atoms with E-state index in [2.05, 4.69) is 5.32 Å². The van der Waals surface area contributed by atoms with E-state index < -0.39 is 0 Å². The molecule has 0 spiro atoms. The summed E-state index contributed by atoms with van der Waals surface area (Å²) in [6.07, 6.45) is 0. The van der Waals surface area contributed by atoms with Crippen molar-refractivity contribution < 1.29 is 9.59 Å². The molecule has 0 aromatic heterocycles. The van der Waals surface area contributed by atoms with Crippen LogP contribution >= 0.6 is 0 Å². The normalized spacial score (nSPS) is 11.2. The van der Waals surface area contributed by atoms with Crippen LogP contribution in [0.1, 0.15) is 27.7 Å². The zero-order chi connectivity index (χ0) is 12.0. The monoisotopic (exact) mass is 214 g/mol. The summed E-state index contributed by atoms with van der Waals surface area (Å²) in [4.78, 5) is 24.5. The fourth-order valence-corrected chi connectivity index (χ4v) is 1.12. The van der Waals surface area contributed by atoms with Crippen molar-refractivity contribution in [2.75, 3.05) is 20.1 Å². The first-order valence-corrected chi connectivity index (χ1v) is 5.33. The van der Waals surface area contributed by atoms with Gasteiger partial charge in [-0.1, -0.05) is 13.8 Å². The Bertz CT molecular complexity index is 225. The summed E-state index contributed by atoms with van der Waals surface area (Å²) in [5, 5.41) is 2.78. The minimum Gasteiger partial charge on any atom is -0.353 e. The number of Topliss-reactive ketones (excluding diaryl/α,β-unsaturated/α-hetero) is 1. The molecular formula is C11H22N2O2. The van der Waals surface area contributed by atoms with Crippen LogP contribution in [0.15, 0.2) is 0 Å². The van der Waals surface area contributed by atoms with Gasteiger partial charge in [0.05, 0.1) is 13.1 Å². The van der Waals surface area contributed by atoms with Crippen molar-refractivity contribution in [1.82, 2.24) is 10.2 Å². The molecule has 0 saturated heterocycles. The minimum absolute atomic E-state index is 0.0283. The van der Waals surface area contributed by atoms with Crippen LogP contribution in [-0.2, 0) is 9.59 Å². The summed E-state index contributed by atoms with van der Waals surface area (Å²) in [5.74, 6) is 0.152. The average molecular weight is 214 g/mol. The number of carbonyl (C=O) groups excluding carboxylic acids is 2. The van der Waals surface area contributed by atoms with Crippen LogP contribution in [0.25, 0.3) is 0 Å². The lowest BCUT2D eigenvalue weighted by Crippen LogP contribution is -2.40. The quantitative estimate of drug-likeness (QED) is 0.707. The third-order valence-corrected chi connectivity index (χ3v) is 1.93. The molecule has 0 unspecified atom stereocenters. The molecule has 4 heteroatoms. The third-order valence-electron chi connectivity index (χ3n) is 1.93.